The van der Waals surface area contributed by atoms with Crippen LogP contribution in [0.2, 0.25) is 0 Å². The molecule has 0 fully saturated rings. The number of nitrogens with one attached hydrogen (secondary N) is 1. The van der Waals surface area contributed by atoms with Gasteiger partial charge in [0.25, 0.3) is 5.56 Å². The number of hydrogen-bond acceptors (Lipinski definition) is 7. The molecule has 0 saturated heterocycles. The molecule has 10 heteroatoms. The third kappa shape index (κ3) is 4.40. The van der Waals surface area contributed by atoms with Crippen molar-refractivity contribution >= 4 is 33.1 Å². The van der Waals surface area contributed by atoms with Crippen LogP contribution in [0.15, 0.2) is 63.5 Å². The number of rotatable bonds is 8. The molecule has 1 N–H and O–H groups in total. The third-order valence-corrected chi connectivity index (χ3v) is 6.23. The number of carbonyl (C=O) groups excluding carboxylic acids is 1. The molecule has 4 aromatic rings. The number of amides is 1. The number of fused-ring (bicyclic) bond motifs is 1. The number of benzene rings is 2. The highest BCUT2D eigenvalue weighted by Gasteiger charge is 2.18. The molecule has 176 valence electrons. The second kappa shape index (κ2) is 9.84. The van der Waals surface area contributed by atoms with Crippen molar-refractivity contribution in [3.8, 4) is 17.2 Å². The Morgan fingerprint density at radius 1 is 0.941 bits per heavy atom. The van der Waals surface area contributed by atoms with Crippen LogP contribution in [0.25, 0.3) is 10.2 Å². The first-order valence-electron chi connectivity index (χ1n) is 10.3. The van der Waals surface area contributed by atoms with E-state index in [9.17, 15) is 14.4 Å². The van der Waals surface area contributed by atoms with E-state index in [4.69, 9.17) is 14.2 Å². The molecule has 0 saturated carbocycles. The summed E-state index contributed by atoms with van der Waals surface area (Å²) in [4.78, 5) is 39.4. The number of carbonyl (C=O) groups is 1. The molecule has 0 atom stereocenters. The quantitative estimate of drug-likeness (QED) is 0.415. The van der Waals surface area contributed by atoms with Gasteiger partial charge in [-0.05, 0) is 29.6 Å². The summed E-state index contributed by atoms with van der Waals surface area (Å²) < 4.78 is 18.7. The highest BCUT2D eigenvalue weighted by atomic mass is 32.1. The largest absolute Gasteiger partial charge is 0.497 e. The molecule has 0 bridgehead atoms. The minimum atomic E-state index is -0.588. The van der Waals surface area contributed by atoms with Crippen LogP contribution >= 0.6 is 11.3 Å². The monoisotopic (exact) mass is 481 g/mol. The van der Waals surface area contributed by atoms with Crippen LogP contribution in [-0.2, 0) is 17.9 Å². The number of thiophene rings is 1. The number of anilines is 1. The Hall–Kier alpha value is -4.05. The van der Waals surface area contributed by atoms with Crippen LogP contribution in [0.3, 0.4) is 0 Å². The summed E-state index contributed by atoms with van der Waals surface area (Å²) in [5.74, 6) is 1.10. The van der Waals surface area contributed by atoms with Gasteiger partial charge in [0.05, 0.1) is 39.1 Å². The summed E-state index contributed by atoms with van der Waals surface area (Å²) in [6.45, 7) is -0.278. The topological polar surface area (TPSA) is 101 Å². The van der Waals surface area contributed by atoms with E-state index in [0.717, 1.165) is 4.57 Å². The van der Waals surface area contributed by atoms with Crippen molar-refractivity contribution < 1.29 is 19.0 Å². The molecule has 0 aliphatic rings. The fraction of sp³-hybridized carbons (Fsp3) is 0.208. The number of aromatic nitrogens is 2. The Morgan fingerprint density at radius 3 is 2.44 bits per heavy atom. The second-order valence-corrected chi connectivity index (χ2v) is 8.24. The van der Waals surface area contributed by atoms with Crippen LogP contribution < -0.4 is 30.8 Å². The van der Waals surface area contributed by atoms with E-state index in [-0.39, 0.29) is 13.1 Å². The number of nitrogens with zero attached hydrogens (tertiary/aromatic N) is 2. The van der Waals surface area contributed by atoms with Gasteiger partial charge in [-0.25, -0.2) is 4.79 Å². The van der Waals surface area contributed by atoms with Crippen molar-refractivity contribution in [3.05, 3.63) is 80.3 Å². The van der Waals surface area contributed by atoms with Crippen molar-refractivity contribution in [3.63, 3.8) is 0 Å². The Kier molecular flexibility index (Phi) is 6.69. The molecule has 2 heterocycles. The van der Waals surface area contributed by atoms with E-state index in [1.165, 1.54) is 37.2 Å². The number of ether oxygens (including phenoxy) is 3. The van der Waals surface area contributed by atoms with Crippen molar-refractivity contribution in [1.29, 1.82) is 0 Å². The molecule has 0 unspecified atom stereocenters. The highest BCUT2D eigenvalue weighted by molar-refractivity contribution is 7.17. The lowest BCUT2D eigenvalue weighted by Crippen LogP contribution is -2.41. The molecule has 1 amide bonds. The van der Waals surface area contributed by atoms with E-state index in [2.05, 4.69) is 5.32 Å². The molecule has 9 nitrogen and oxygen atoms in total. The maximum absolute atomic E-state index is 13.4. The predicted molar refractivity (Wildman–Crippen MR) is 131 cm³/mol. The lowest BCUT2D eigenvalue weighted by atomic mass is 10.2. The van der Waals surface area contributed by atoms with Gasteiger partial charge in [0.15, 0.2) is 0 Å². The lowest BCUT2D eigenvalue weighted by molar-refractivity contribution is -0.116. The van der Waals surface area contributed by atoms with E-state index in [0.29, 0.717) is 38.7 Å². The van der Waals surface area contributed by atoms with Gasteiger partial charge in [0, 0.05) is 11.6 Å². The predicted octanol–water partition coefficient (Wildman–Crippen LogP) is 2.94. The first kappa shape index (κ1) is 23.1. The van der Waals surface area contributed by atoms with Gasteiger partial charge in [-0.1, -0.05) is 18.2 Å². The average molecular weight is 482 g/mol. The molecular weight excluding hydrogens is 458 g/mol. The SMILES string of the molecule is COc1ccc(OC)c(NC(=O)Cn2c(=O)n(Cc3ccccc3OC)c(=O)c3sccc32)c1. The molecule has 0 radical (unpaired) electrons. The maximum atomic E-state index is 13.4. The van der Waals surface area contributed by atoms with E-state index >= 15 is 0 Å². The normalized spacial score (nSPS) is 10.8. The summed E-state index contributed by atoms with van der Waals surface area (Å²) >= 11 is 1.22. The zero-order chi connectivity index (χ0) is 24.2. The van der Waals surface area contributed by atoms with E-state index in [1.54, 1.807) is 47.8 Å². The Balaban J connectivity index is 1.72. The fourth-order valence-corrected chi connectivity index (χ4v) is 4.52. The Labute approximate surface area is 198 Å². The molecule has 34 heavy (non-hydrogen) atoms. The van der Waals surface area contributed by atoms with Gasteiger partial charge in [-0.3, -0.25) is 18.7 Å². The smallest absolute Gasteiger partial charge is 0.332 e. The summed E-state index contributed by atoms with van der Waals surface area (Å²) in [5, 5.41) is 4.48. The molecule has 2 aromatic heterocycles. The second-order valence-electron chi connectivity index (χ2n) is 7.32. The number of hydrogen-bond donors (Lipinski definition) is 1. The zero-order valence-electron chi connectivity index (χ0n) is 18.9. The van der Waals surface area contributed by atoms with Gasteiger partial charge in [0.1, 0.15) is 28.5 Å². The van der Waals surface area contributed by atoms with E-state index < -0.39 is 17.2 Å². The van der Waals surface area contributed by atoms with Crippen molar-refractivity contribution in [2.24, 2.45) is 0 Å². The van der Waals surface area contributed by atoms with Gasteiger partial charge >= 0.3 is 5.69 Å². The molecule has 0 spiro atoms. The van der Waals surface area contributed by atoms with Gasteiger partial charge in [-0.2, -0.15) is 0 Å². The first-order chi connectivity index (χ1) is 16.5. The third-order valence-electron chi connectivity index (χ3n) is 5.34. The molecule has 0 aliphatic carbocycles. The summed E-state index contributed by atoms with van der Waals surface area (Å²) in [6, 6.07) is 13.8. The minimum Gasteiger partial charge on any atom is -0.497 e. The fourth-order valence-electron chi connectivity index (χ4n) is 3.67. The van der Waals surface area contributed by atoms with Crippen LogP contribution in [0, 0.1) is 0 Å². The van der Waals surface area contributed by atoms with Crippen LogP contribution in [-0.4, -0.2) is 36.4 Å². The average Bonchev–Trinajstić information content (AvgIpc) is 3.34. The molecule has 0 aliphatic heterocycles. The van der Waals surface area contributed by atoms with Crippen LogP contribution in [0.4, 0.5) is 5.69 Å². The summed E-state index contributed by atoms with van der Waals surface area (Å²) in [7, 11) is 4.54. The van der Waals surface area contributed by atoms with Gasteiger partial charge in [0.2, 0.25) is 5.91 Å². The van der Waals surface area contributed by atoms with Crippen LogP contribution in [0.1, 0.15) is 5.56 Å². The number of para-hydroxylation sites is 1. The minimum absolute atomic E-state index is 0.0147. The van der Waals surface area contributed by atoms with Crippen molar-refractivity contribution in [2.75, 3.05) is 26.6 Å². The zero-order valence-corrected chi connectivity index (χ0v) is 19.7. The number of methoxy groups -OCH3 is 3. The van der Waals surface area contributed by atoms with Gasteiger partial charge in [-0.15, -0.1) is 11.3 Å². The molecular formula is C24H23N3O6S. The molecule has 4 rings (SSSR count). The Bertz CT molecular complexity index is 1470. The summed E-state index contributed by atoms with van der Waals surface area (Å²) in [6.07, 6.45) is 0. The molecule has 2 aromatic carbocycles. The van der Waals surface area contributed by atoms with Crippen molar-refractivity contribution in [1.82, 2.24) is 9.13 Å². The standard InChI is InChI=1S/C24H23N3O6S/c1-31-16-8-9-20(33-3)17(12-16)25-21(28)14-26-18-10-11-34-22(18)23(29)27(24(26)30)13-15-6-4-5-7-19(15)32-2/h4-12H,13-14H2,1-3H3,(H,25,28). The van der Waals surface area contributed by atoms with Gasteiger partial charge < -0.3 is 19.5 Å². The first-order valence-corrected chi connectivity index (χ1v) is 11.2. The maximum Gasteiger partial charge on any atom is 0.332 e. The van der Waals surface area contributed by atoms with Crippen LogP contribution in [0.5, 0.6) is 17.2 Å². The lowest BCUT2D eigenvalue weighted by Gasteiger charge is -2.15. The highest BCUT2D eigenvalue weighted by Crippen LogP contribution is 2.29. The van der Waals surface area contributed by atoms with E-state index in [1.807, 2.05) is 6.07 Å². The van der Waals surface area contributed by atoms with Crippen molar-refractivity contribution in [2.45, 2.75) is 13.1 Å². The Morgan fingerprint density at radius 2 is 1.71 bits per heavy atom. The summed E-state index contributed by atoms with van der Waals surface area (Å²) in [5.41, 5.74) is 0.492.